The number of aliphatic hydroxyl groups is 10. The molecule has 2 bridgehead atoms. The van der Waals surface area contributed by atoms with E-state index in [-0.39, 0.29) is 38.4 Å². The molecule has 3 heterocycles. The van der Waals surface area contributed by atoms with Crippen molar-refractivity contribution < 1.29 is 103 Å². The number of carbonyl (C=O) groups excluding carboxylic acids is 4. The molecule has 0 aromatic carbocycles. The van der Waals surface area contributed by atoms with E-state index in [9.17, 15) is 70.2 Å². The number of hydrogen-bond acceptors (Lipinski definition) is 21. The third kappa shape index (κ3) is 23.4. The predicted octanol–water partition coefficient (Wildman–Crippen LogP) is 2.45. The summed E-state index contributed by atoms with van der Waals surface area (Å²) in [4.78, 5) is 51.4. The lowest BCUT2D eigenvalue weighted by atomic mass is 9.82. The molecule has 1 amide bonds. The van der Waals surface area contributed by atoms with Crippen molar-refractivity contribution in [1.29, 1.82) is 0 Å². The number of ether oxygens (including phenoxy) is 7. The summed E-state index contributed by atoms with van der Waals surface area (Å²) in [7, 11) is 0. The van der Waals surface area contributed by atoms with Crippen LogP contribution in [0.4, 0.5) is 9.59 Å². The first-order valence-electron chi connectivity index (χ1n) is 25.7. The SMILES string of the molecule is C=CCOC(=O)NC1C(O)C(C)OC(OC2/C=C/C=C/C=C/C=C/C=C/C=C/C=C/C(C)C(O)C(C)C(C)OC(=O)CC(O)CC(O)CCC(O)C(O)CC(O)CC3(O)CC(O)C(C(=O)OC(=O)OCC=C)C(C2)O3)C1O. The zero-order chi connectivity index (χ0) is 57.2. The number of alkyl carbamates (subject to hydrolysis) is 1. The Bertz CT molecular complexity index is 2070. The highest BCUT2D eigenvalue weighted by molar-refractivity contribution is 5.84. The van der Waals surface area contributed by atoms with Gasteiger partial charge in [-0.15, -0.1) is 0 Å². The third-order valence-corrected chi connectivity index (χ3v) is 13.1. The van der Waals surface area contributed by atoms with Crippen LogP contribution in [-0.4, -0.2) is 186 Å². The van der Waals surface area contributed by atoms with Gasteiger partial charge in [-0.1, -0.05) is 124 Å². The van der Waals surface area contributed by atoms with Crippen molar-refractivity contribution in [1.82, 2.24) is 5.32 Å². The molecule has 432 valence electrons. The first kappa shape index (κ1) is 66.1. The maximum absolute atomic E-state index is 13.7. The fourth-order valence-corrected chi connectivity index (χ4v) is 8.71. The van der Waals surface area contributed by atoms with Gasteiger partial charge in [0.2, 0.25) is 0 Å². The number of aliphatic hydroxyl groups excluding tert-OH is 9. The van der Waals surface area contributed by atoms with Crippen LogP contribution in [0.2, 0.25) is 0 Å². The van der Waals surface area contributed by atoms with Crippen molar-refractivity contribution in [2.45, 2.75) is 177 Å². The summed E-state index contributed by atoms with van der Waals surface area (Å²) in [5.41, 5.74) is 0. The number of esters is 2. The lowest BCUT2D eigenvalue weighted by molar-refractivity contribution is -0.309. The van der Waals surface area contributed by atoms with Gasteiger partial charge in [0.25, 0.3) is 0 Å². The summed E-state index contributed by atoms with van der Waals surface area (Å²) in [6.07, 6.45) is 0.526. The van der Waals surface area contributed by atoms with Gasteiger partial charge in [-0.05, 0) is 33.1 Å². The molecule has 77 heavy (non-hydrogen) atoms. The van der Waals surface area contributed by atoms with Gasteiger partial charge in [-0.3, -0.25) is 9.59 Å². The monoisotopic (exact) mass is 1090 g/mol. The molecule has 22 heteroatoms. The Balaban J connectivity index is 2.01. The van der Waals surface area contributed by atoms with Crippen molar-refractivity contribution in [3.63, 3.8) is 0 Å². The smallest absolute Gasteiger partial charge is 0.462 e. The van der Waals surface area contributed by atoms with Gasteiger partial charge in [-0.2, -0.15) is 0 Å². The number of rotatable bonds is 8. The molecule has 2 saturated heterocycles. The van der Waals surface area contributed by atoms with Gasteiger partial charge in [0.15, 0.2) is 12.1 Å². The molecular formula is C55H81NO21. The van der Waals surface area contributed by atoms with Gasteiger partial charge < -0.3 is 89.5 Å². The Kier molecular flexibility index (Phi) is 29.2. The zero-order valence-corrected chi connectivity index (χ0v) is 44.1. The van der Waals surface area contributed by atoms with Crippen LogP contribution >= 0.6 is 0 Å². The Morgan fingerprint density at radius 3 is 1.87 bits per heavy atom. The second-order valence-electron chi connectivity index (χ2n) is 19.5. The van der Waals surface area contributed by atoms with Crippen LogP contribution in [0, 0.1) is 17.8 Å². The molecule has 0 aromatic heterocycles. The summed E-state index contributed by atoms with van der Waals surface area (Å²) in [5, 5.41) is 113. The minimum atomic E-state index is -2.47. The lowest BCUT2D eigenvalue weighted by Crippen LogP contribution is -2.64. The largest absolute Gasteiger partial charge is 0.516 e. The molecule has 0 aromatic rings. The van der Waals surface area contributed by atoms with Crippen molar-refractivity contribution in [3.05, 3.63) is 110 Å². The van der Waals surface area contributed by atoms with Crippen LogP contribution in [0.15, 0.2) is 110 Å². The molecule has 0 saturated carbocycles. The molecule has 19 atom stereocenters. The maximum atomic E-state index is 13.7. The highest BCUT2D eigenvalue weighted by atomic mass is 16.7. The zero-order valence-electron chi connectivity index (χ0n) is 44.1. The van der Waals surface area contributed by atoms with E-state index in [0.717, 1.165) is 0 Å². The third-order valence-electron chi connectivity index (χ3n) is 13.1. The summed E-state index contributed by atoms with van der Waals surface area (Å²) in [5.74, 6) is -7.11. The highest BCUT2D eigenvalue weighted by Crippen LogP contribution is 2.39. The number of hydrogen-bond donors (Lipinski definition) is 11. The highest BCUT2D eigenvalue weighted by Gasteiger charge is 2.52. The Hall–Kier alpha value is -5.18. The van der Waals surface area contributed by atoms with Crippen molar-refractivity contribution in [2.75, 3.05) is 13.2 Å². The van der Waals surface area contributed by atoms with Crippen LogP contribution in [0.1, 0.15) is 79.1 Å². The molecule has 3 aliphatic rings. The summed E-state index contributed by atoms with van der Waals surface area (Å²) in [6, 6.07) is -1.40. The van der Waals surface area contributed by atoms with Crippen LogP contribution in [0.5, 0.6) is 0 Å². The normalized spacial score (nSPS) is 39.8. The van der Waals surface area contributed by atoms with Gasteiger partial charge in [0, 0.05) is 37.5 Å². The van der Waals surface area contributed by atoms with Crippen molar-refractivity contribution in [2.24, 2.45) is 17.8 Å². The average Bonchev–Trinajstić information content (AvgIpc) is 3.35. The first-order chi connectivity index (χ1) is 36.5. The molecule has 0 aliphatic carbocycles. The van der Waals surface area contributed by atoms with Gasteiger partial charge in [-0.25, -0.2) is 9.59 Å². The fraction of sp³-hybridized carbons (Fsp3) is 0.600. The first-order valence-corrected chi connectivity index (χ1v) is 25.7. The molecule has 0 radical (unpaired) electrons. The van der Waals surface area contributed by atoms with Gasteiger partial charge in [0.05, 0.1) is 73.5 Å². The number of allylic oxidation sites excluding steroid dienone is 12. The molecule has 0 spiro atoms. The second kappa shape index (κ2) is 34.0. The summed E-state index contributed by atoms with van der Waals surface area (Å²) >= 11 is 0. The van der Waals surface area contributed by atoms with Crippen molar-refractivity contribution in [3.8, 4) is 0 Å². The minimum Gasteiger partial charge on any atom is -0.462 e. The van der Waals surface area contributed by atoms with E-state index in [0.29, 0.717) is 0 Å². The van der Waals surface area contributed by atoms with Crippen LogP contribution in [0.25, 0.3) is 0 Å². The van der Waals surface area contributed by atoms with E-state index < -0.39 is 166 Å². The van der Waals surface area contributed by atoms with Gasteiger partial charge >= 0.3 is 24.2 Å². The molecule has 22 nitrogen and oxygen atoms in total. The minimum absolute atomic E-state index is 0.153. The average molecular weight is 1090 g/mol. The number of nitrogens with one attached hydrogen (secondary N) is 1. The van der Waals surface area contributed by atoms with Crippen LogP contribution in [-0.2, 0) is 42.7 Å². The molecule has 11 N–H and O–H groups in total. The van der Waals surface area contributed by atoms with E-state index in [2.05, 4.69) is 18.5 Å². The molecule has 3 aliphatic heterocycles. The second-order valence-corrected chi connectivity index (χ2v) is 19.5. The molecular weight excluding hydrogens is 1010 g/mol. The predicted molar refractivity (Wildman–Crippen MR) is 277 cm³/mol. The van der Waals surface area contributed by atoms with E-state index in [4.69, 9.17) is 33.2 Å². The summed E-state index contributed by atoms with van der Waals surface area (Å²) < 4.78 is 38.3. The number of carbonyl (C=O) groups is 4. The number of fused-ring (bicyclic) bond motifs is 2. The topological polar surface area (TPSA) is 347 Å². The number of amides is 1. The fourth-order valence-electron chi connectivity index (χ4n) is 8.71. The van der Waals surface area contributed by atoms with E-state index in [1.807, 2.05) is 6.92 Å². The summed E-state index contributed by atoms with van der Waals surface area (Å²) in [6.45, 7) is 13.0. The lowest BCUT2D eigenvalue weighted by Gasteiger charge is -2.45. The van der Waals surface area contributed by atoms with Crippen LogP contribution in [0.3, 0.4) is 0 Å². The molecule has 2 fully saturated rings. The van der Waals surface area contributed by atoms with E-state index in [1.165, 1.54) is 31.2 Å². The van der Waals surface area contributed by atoms with Crippen molar-refractivity contribution >= 4 is 24.2 Å². The molecule has 3 rings (SSSR count). The molecule has 19 unspecified atom stereocenters. The number of cyclic esters (lactones) is 1. The quantitative estimate of drug-likeness (QED) is 0.0720. The van der Waals surface area contributed by atoms with E-state index >= 15 is 0 Å². The Labute approximate surface area is 449 Å². The maximum Gasteiger partial charge on any atom is 0.516 e. The van der Waals surface area contributed by atoms with E-state index in [1.54, 1.807) is 86.8 Å². The van der Waals surface area contributed by atoms with Gasteiger partial charge in [0.1, 0.15) is 37.4 Å². The Morgan fingerprint density at radius 2 is 1.26 bits per heavy atom. The standard InChI is InChI=1S/C55H81NO21/c1-7-25-71-53(68)56-47-49(65)36(6)74-52(50(47)66)75-40-22-20-18-16-14-12-10-9-11-13-15-17-19-21-33(3)48(64)34(4)35(5)73-45(63)29-38(58)27-37(57)23-24-41(60)42(61)28-39(59)31-55(70)32-43(62)46(44(30-40)77-55)51(67)76-54(69)72-26-8-2/h7-22,33-44,46-50,52,57-62,64-66,70H,1-2,23-32H2,3-6H3,(H,56,68)/b10-9+,13-11+,14-12+,17-15+,18-16+,21-19+,22-20+. The van der Waals surface area contributed by atoms with Crippen LogP contribution < -0.4 is 5.32 Å². The Morgan fingerprint density at radius 1 is 0.675 bits per heavy atom.